The summed E-state index contributed by atoms with van der Waals surface area (Å²) in [6.45, 7) is 4.73. The molecule has 10 aromatic rings. The van der Waals surface area contributed by atoms with Crippen LogP contribution in [-0.4, -0.2) is 4.57 Å². The van der Waals surface area contributed by atoms with E-state index >= 15 is 0 Å². The predicted octanol–water partition coefficient (Wildman–Crippen LogP) is 15.6. The van der Waals surface area contributed by atoms with Crippen LogP contribution in [0.4, 0.5) is 17.1 Å². The molecule has 1 aliphatic carbocycles. The van der Waals surface area contributed by atoms with Gasteiger partial charge in [-0.3, -0.25) is 0 Å². The minimum atomic E-state index is -0.153. The van der Waals surface area contributed by atoms with Gasteiger partial charge in [-0.15, -0.1) is 0 Å². The monoisotopic (exact) mass is 754 g/mol. The minimum Gasteiger partial charge on any atom is -0.310 e. The van der Waals surface area contributed by atoms with E-state index in [1.165, 1.54) is 71.9 Å². The van der Waals surface area contributed by atoms with Gasteiger partial charge in [0, 0.05) is 38.7 Å². The highest BCUT2D eigenvalue weighted by atomic mass is 15.1. The molecule has 0 atom stereocenters. The Morgan fingerprint density at radius 2 is 0.898 bits per heavy atom. The van der Waals surface area contributed by atoms with Crippen LogP contribution in [0.1, 0.15) is 25.0 Å². The zero-order valence-corrected chi connectivity index (χ0v) is 33.2. The molecule has 11 rings (SSSR count). The Morgan fingerprint density at radius 1 is 0.356 bits per heavy atom. The lowest BCUT2D eigenvalue weighted by atomic mass is 9.82. The number of rotatable bonds is 7. The molecule has 0 saturated carbocycles. The fourth-order valence-electron chi connectivity index (χ4n) is 9.54. The van der Waals surface area contributed by atoms with E-state index in [4.69, 9.17) is 0 Å². The van der Waals surface area contributed by atoms with E-state index in [0.717, 1.165) is 28.3 Å². The van der Waals surface area contributed by atoms with E-state index in [2.05, 4.69) is 242 Å². The Morgan fingerprint density at radius 3 is 1.66 bits per heavy atom. The van der Waals surface area contributed by atoms with Crippen molar-refractivity contribution in [1.29, 1.82) is 0 Å². The standard InChI is InChI=1S/C57H42N2/c1-57(2)51-27-15-12-25-47(51)48-34-31-43(37-52(48)57)58(55-36-42(39-18-6-3-7-19-39)30-33-46(55)41-22-10-5-11-23-41)44-32-35-50-49-26-14-17-29-54(49)59(56(50)38-44)53-28-16-13-24-45(53)40-20-8-4-9-21-40/h3-38H,1-2H3. The Labute approximate surface area is 345 Å². The van der Waals surface area contributed by atoms with Crippen LogP contribution in [0, 0.1) is 0 Å². The molecule has 9 aromatic carbocycles. The van der Waals surface area contributed by atoms with Gasteiger partial charge in [0.15, 0.2) is 0 Å². The number of aromatic nitrogens is 1. The molecule has 280 valence electrons. The fraction of sp³-hybridized carbons (Fsp3) is 0.0526. The Bertz CT molecular complexity index is 3170. The zero-order valence-electron chi connectivity index (χ0n) is 33.2. The summed E-state index contributed by atoms with van der Waals surface area (Å²) in [4.78, 5) is 2.50. The molecule has 0 amide bonds. The van der Waals surface area contributed by atoms with Crippen molar-refractivity contribution in [3.63, 3.8) is 0 Å². The average molecular weight is 755 g/mol. The van der Waals surface area contributed by atoms with Gasteiger partial charge in [0.25, 0.3) is 0 Å². The molecule has 0 unspecified atom stereocenters. The molecule has 0 bridgehead atoms. The first-order valence-electron chi connectivity index (χ1n) is 20.5. The Kier molecular flexibility index (Phi) is 8.20. The Balaban J connectivity index is 1.21. The maximum Gasteiger partial charge on any atom is 0.0562 e. The van der Waals surface area contributed by atoms with Gasteiger partial charge >= 0.3 is 0 Å². The first kappa shape index (κ1) is 34.8. The average Bonchev–Trinajstić information content (AvgIpc) is 3.75. The van der Waals surface area contributed by atoms with E-state index in [-0.39, 0.29) is 5.41 Å². The number of benzene rings is 9. The highest BCUT2D eigenvalue weighted by Crippen LogP contribution is 2.52. The van der Waals surface area contributed by atoms with E-state index < -0.39 is 0 Å². The smallest absolute Gasteiger partial charge is 0.0562 e. The van der Waals surface area contributed by atoms with Crippen LogP contribution in [0.2, 0.25) is 0 Å². The van der Waals surface area contributed by atoms with Gasteiger partial charge < -0.3 is 9.47 Å². The van der Waals surface area contributed by atoms with Crippen molar-refractivity contribution in [3.8, 4) is 50.2 Å². The molecule has 59 heavy (non-hydrogen) atoms. The van der Waals surface area contributed by atoms with E-state index in [9.17, 15) is 0 Å². The number of para-hydroxylation sites is 2. The first-order valence-corrected chi connectivity index (χ1v) is 20.5. The summed E-state index contributed by atoms with van der Waals surface area (Å²) < 4.78 is 2.47. The van der Waals surface area contributed by atoms with Crippen LogP contribution in [0.3, 0.4) is 0 Å². The van der Waals surface area contributed by atoms with Crippen LogP contribution < -0.4 is 4.90 Å². The number of anilines is 3. The summed E-state index contributed by atoms with van der Waals surface area (Å²) in [7, 11) is 0. The lowest BCUT2D eigenvalue weighted by molar-refractivity contribution is 0.660. The first-order chi connectivity index (χ1) is 29.0. The highest BCUT2D eigenvalue weighted by molar-refractivity contribution is 6.11. The van der Waals surface area contributed by atoms with Crippen molar-refractivity contribution in [2.24, 2.45) is 0 Å². The van der Waals surface area contributed by atoms with Crippen molar-refractivity contribution in [2.75, 3.05) is 4.90 Å². The van der Waals surface area contributed by atoms with Crippen molar-refractivity contribution in [2.45, 2.75) is 19.3 Å². The molecular weight excluding hydrogens is 713 g/mol. The normalized spacial score (nSPS) is 12.7. The molecule has 1 aliphatic rings. The van der Waals surface area contributed by atoms with Gasteiger partial charge in [-0.1, -0.05) is 190 Å². The SMILES string of the molecule is CC1(C)c2ccccc2-c2ccc(N(c3ccc4c5ccccc5n(-c5ccccc5-c5ccccc5)c4c3)c3cc(-c4ccccc4)ccc3-c3ccccc3)cc21. The number of hydrogen-bond donors (Lipinski definition) is 0. The van der Waals surface area contributed by atoms with Crippen molar-refractivity contribution >= 4 is 38.9 Å². The van der Waals surface area contributed by atoms with Crippen molar-refractivity contribution in [3.05, 3.63) is 230 Å². The fourth-order valence-corrected chi connectivity index (χ4v) is 9.54. The lowest BCUT2D eigenvalue weighted by Gasteiger charge is -2.30. The lowest BCUT2D eigenvalue weighted by Crippen LogP contribution is -2.17. The second-order valence-electron chi connectivity index (χ2n) is 16.1. The maximum absolute atomic E-state index is 2.50. The second kappa shape index (κ2) is 13.9. The highest BCUT2D eigenvalue weighted by Gasteiger charge is 2.36. The minimum absolute atomic E-state index is 0.153. The van der Waals surface area contributed by atoms with Crippen LogP contribution >= 0.6 is 0 Å². The largest absolute Gasteiger partial charge is 0.310 e. The van der Waals surface area contributed by atoms with E-state index in [0.29, 0.717) is 0 Å². The van der Waals surface area contributed by atoms with Gasteiger partial charge in [-0.2, -0.15) is 0 Å². The molecule has 0 fully saturated rings. The summed E-state index contributed by atoms with van der Waals surface area (Å²) in [5, 5.41) is 2.45. The third kappa shape index (κ3) is 5.71. The van der Waals surface area contributed by atoms with Crippen molar-refractivity contribution in [1.82, 2.24) is 4.57 Å². The van der Waals surface area contributed by atoms with Crippen LogP contribution in [0.25, 0.3) is 72.0 Å². The molecule has 2 nitrogen and oxygen atoms in total. The van der Waals surface area contributed by atoms with Gasteiger partial charge in [0.05, 0.1) is 22.4 Å². The molecule has 1 heterocycles. The molecule has 0 N–H and O–H groups in total. The quantitative estimate of drug-likeness (QED) is 0.157. The Hall–Kier alpha value is -7.42. The summed E-state index contributed by atoms with van der Waals surface area (Å²) in [5.74, 6) is 0. The number of nitrogens with zero attached hydrogens (tertiary/aromatic N) is 2. The molecule has 1 aromatic heterocycles. The molecule has 0 saturated heterocycles. The molecule has 0 spiro atoms. The topological polar surface area (TPSA) is 8.17 Å². The van der Waals surface area contributed by atoms with Crippen molar-refractivity contribution < 1.29 is 0 Å². The summed E-state index contributed by atoms with van der Waals surface area (Å²) in [6, 6.07) is 80.0. The molecule has 0 aliphatic heterocycles. The van der Waals surface area contributed by atoms with Crippen LogP contribution in [0.15, 0.2) is 218 Å². The van der Waals surface area contributed by atoms with E-state index in [1.54, 1.807) is 0 Å². The maximum atomic E-state index is 2.50. The van der Waals surface area contributed by atoms with Gasteiger partial charge in [-0.25, -0.2) is 0 Å². The number of hydrogen-bond acceptors (Lipinski definition) is 1. The molecular formula is C57H42N2. The zero-order chi connectivity index (χ0) is 39.5. The van der Waals surface area contributed by atoms with Gasteiger partial charge in [0.2, 0.25) is 0 Å². The van der Waals surface area contributed by atoms with Crippen LogP contribution in [0.5, 0.6) is 0 Å². The predicted molar refractivity (Wildman–Crippen MR) is 249 cm³/mol. The summed E-state index contributed by atoms with van der Waals surface area (Å²) >= 11 is 0. The summed E-state index contributed by atoms with van der Waals surface area (Å²) in [6.07, 6.45) is 0. The van der Waals surface area contributed by atoms with Crippen LogP contribution in [-0.2, 0) is 5.41 Å². The van der Waals surface area contributed by atoms with Gasteiger partial charge in [0.1, 0.15) is 0 Å². The third-order valence-corrected chi connectivity index (χ3v) is 12.4. The summed E-state index contributed by atoms with van der Waals surface area (Å²) in [5.41, 5.74) is 19.1. The van der Waals surface area contributed by atoms with Gasteiger partial charge in [-0.05, 0) is 87.0 Å². The van der Waals surface area contributed by atoms with E-state index in [1.807, 2.05) is 0 Å². The number of fused-ring (bicyclic) bond motifs is 6. The second-order valence-corrected chi connectivity index (χ2v) is 16.1. The molecule has 0 radical (unpaired) electrons. The molecule has 2 heteroatoms. The third-order valence-electron chi connectivity index (χ3n) is 12.4.